The van der Waals surface area contributed by atoms with E-state index in [-0.39, 0.29) is 17.7 Å². The number of aliphatic carboxylic acids is 1. The van der Waals surface area contributed by atoms with E-state index in [0.717, 1.165) is 0 Å². The topological polar surface area (TPSA) is 84.9 Å². The minimum Gasteiger partial charge on any atom is -0.493 e. The Morgan fingerprint density at radius 2 is 2.00 bits per heavy atom. The normalized spacial score (nSPS) is 10.1. The van der Waals surface area contributed by atoms with E-state index in [1.54, 1.807) is 6.07 Å². The molecule has 1 aromatic carbocycles. The average molecular weight is 267 g/mol. The number of methoxy groups -OCH3 is 1. The molecular formula is C13H17NO5. The lowest BCUT2D eigenvalue weighted by Crippen LogP contribution is -2.30. The maximum Gasteiger partial charge on any atom is 0.341 e. The molecule has 0 aliphatic heterocycles. The Hall–Kier alpha value is -2.24. The van der Waals surface area contributed by atoms with Crippen LogP contribution in [0.25, 0.3) is 0 Å². The number of benzene rings is 1. The Bertz CT molecular complexity index is 470. The van der Waals surface area contributed by atoms with Crippen LogP contribution in [0, 0.1) is 0 Å². The van der Waals surface area contributed by atoms with Crippen molar-refractivity contribution in [2.24, 2.45) is 0 Å². The molecule has 0 bridgehead atoms. The molecule has 0 heterocycles. The Labute approximate surface area is 111 Å². The maximum absolute atomic E-state index is 11.8. The van der Waals surface area contributed by atoms with Gasteiger partial charge in [0.25, 0.3) is 5.91 Å². The van der Waals surface area contributed by atoms with E-state index < -0.39 is 12.6 Å². The van der Waals surface area contributed by atoms with Gasteiger partial charge in [-0.05, 0) is 32.0 Å². The van der Waals surface area contributed by atoms with Gasteiger partial charge in [-0.1, -0.05) is 0 Å². The molecule has 0 saturated carbocycles. The van der Waals surface area contributed by atoms with Crippen LogP contribution in [-0.4, -0.2) is 36.7 Å². The summed E-state index contributed by atoms with van der Waals surface area (Å²) in [5, 5.41) is 11.3. The Kier molecular flexibility index (Phi) is 5.17. The van der Waals surface area contributed by atoms with Crippen molar-refractivity contribution in [2.45, 2.75) is 19.9 Å². The summed E-state index contributed by atoms with van der Waals surface area (Å²) in [5.41, 5.74) is 0.424. The predicted molar refractivity (Wildman–Crippen MR) is 68.7 cm³/mol. The third-order valence-corrected chi connectivity index (χ3v) is 2.20. The number of hydrogen-bond acceptors (Lipinski definition) is 4. The molecule has 1 aromatic rings. The van der Waals surface area contributed by atoms with Crippen LogP contribution < -0.4 is 14.8 Å². The summed E-state index contributed by atoms with van der Waals surface area (Å²) in [5.74, 6) is -0.703. The fourth-order valence-corrected chi connectivity index (χ4v) is 1.41. The number of carbonyl (C=O) groups is 2. The summed E-state index contributed by atoms with van der Waals surface area (Å²) in [6.07, 6.45) is 0. The van der Waals surface area contributed by atoms with Gasteiger partial charge in [0.2, 0.25) is 0 Å². The molecule has 0 aliphatic rings. The summed E-state index contributed by atoms with van der Waals surface area (Å²) < 4.78 is 10.1. The fraction of sp³-hybridized carbons (Fsp3) is 0.385. The van der Waals surface area contributed by atoms with Crippen LogP contribution in [0.2, 0.25) is 0 Å². The van der Waals surface area contributed by atoms with E-state index >= 15 is 0 Å². The second-order valence-corrected chi connectivity index (χ2v) is 4.18. The van der Waals surface area contributed by atoms with Gasteiger partial charge in [-0.2, -0.15) is 0 Å². The second kappa shape index (κ2) is 6.63. The average Bonchev–Trinajstić information content (AvgIpc) is 2.35. The zero-order valence-electron chi connectivity index (χ0n) is 11.1. The summed E-state index contributed by atoms with van der Waals surface area (Å²) in [6.45, 7) is 3.26. The van der Waals surface area contributed by atoms with Gasteiger partial charge in [-0.15, -0.1) is 0 Å². The van der Waals surface area contributed by atoms with Gasteiger partial charge in [0.15, 0.2) is 18.1 Å². The van der Waals surface area contributed by atoms with Crippen molar-refractivity contribution in [1.82, 2.24) is 5.32 Å². The molecule has 0 aliphatic carbocycles. The molecule has 6 heteroatoms. The lowest BCUT2D eigenvalue weighted by atomic mass is 10.2. The first kappa shape index (κ1) is 14.8. The van der Waals surface area contributed by atoms with Gasteiger partial charge in [-0.3, -0.25) is 4.79 Å². The number of carbonyl (C=O) groups excluding carboxylic acids is 1. The third kappa shape index (κ3) is 4.50. The van der Waals surface area contributed by atoms with Gasteiger partial charge in [0.1, 0.15) is 0 Å². The quantitative estimate of drug-likeness (QED) is 0.811. The highest BCUT2D eigenvalue weighted by molar-refractivity contribution is 5.95. The zero-order valence-corrected chi connectivity index (χ0v) is 11.1. The number of rotatable bonds is 6. The van der Waals surface area contributed by atoms with E-state index in [1.807, 2.05) is 13.8 Å². The number of carboxylic acid groups (broad SMARTS) is 1. The highest BCUT2D eigenvalue weighted by Crippen LogP contribution is 2.28. The summed E-state index contributed by atoms with van der Waals surface area (Å²) >= 11 is 0. The lowest BCUT2D eigenvalue weighted by Gasteiger charge is -2.12. The number of hydrogen-bond donors (Lipinski definition) is 2. The van der Waals surface area contributed by atoms with Crippen molar-refractivity contribution in [3.8, 4) is 11.5 Å². The molecule has 19 heavy (non-hydrogen) atoms. The molecule has 1 amide bonds. The van der Waals surface area contributed by atoms with E-state index in [4.69, 9.17) is 14.6 Å². The van der Waals surface area contributed by atoms with Gasteiger partial charge in [0.05, 0.1) is 7.11 Å². The van der Waals surface area contributed by atoms with Crippen LogP contribution in [0.15, 0.2) is 18.2 Å². The van der Waals surface area contributed by atoms with Gasteiger partial charge in [0, 0.05) is 11.6 Å². The molecule has 0 unspecified atom stereocenters. The molecule has 0 fully saturated rings. The van der Waals surface area contributed by atoms with Crippen LogP contribution >= 0.6 is 0 Å². The van der Waals surface area contributed by atoms with Gasteiger partial charge < -0.3 is 19.9 Å². The van der Waals surface area contributed by atoms with Crippen molar-refractivity contribution in [1.29, 1.82) is 0 Å². The Balaban J connectivity index is 2.89. The predicted octanol–water partition coefficient (Wildman–Crippen LogP) is 1.30. The maximum atomic E-state index is 11.8. The van der Waals surface area contributed by atoms with Crippen molar-refractivity contribution in [3.05, 3.63) is 23.8 Å². The smallest absolute Gasteiger partial charge is 0.341 e. The number of amides is 1. The largest absolute Gasteiger partial charge is 0.493 e. The van der Waals surface area contributed by atoms with E-state index in [1.165, 1.54) is 19.2 Å². The lowest BCUT2D eigenvalue weighted by molar-refractivity contribution is -0.139. The van der Waals surface area contributed by atoms with E-state index in [9.17, 15) is 9.59 Å². The SMILES string of the molecule is COc1cc(C(=O)NC(C)C)ccc1OCC(=O)O. The molecule has 6 nitrogen and oxygen atoms in total. The minimum absolute atomic E-state index is 0.0291. The van der Waals surface area contributed by atoms with Crippen molar-refractivity contribution in [2.75, 3.05) is 13.7 Å². The number of nitrogens with one attached hydrogen (secondary N) is 1. The van der Waals surface area contributed by atoms with Crippen LogP contribution in [0.5, 0.6) is 11.5 Å². The molecule has 0 saturated heterocycles. The first-order valence-corrected chi connectivity index (χ1v) is 5.77. The van der Waals surface area contributed by atoms with Gasteiger partial charge in [-0.25, -0.2) is 4.79 Å². The summed E-state index contributed by atoms with van der Waals surface area (Å²) in [4.78, 5) is 22.2. The number of carboxylic acids is 1. The first-order chi connectivity index (χ1) is 8.93. The molecule has 104 valence electrons. The highest BCUT2D eigenvalue weighted by Gasteiger charge is 2.12. The molecule has 2 N–H and O–H groups in total. The van der Waals surface area contributed by atoms with Crippen LogP contribution in [-0.2, 0) is 4.79 Å². The fourth-order valence-electron chi connectivity index (χ4n) is 1.41. The summed E-state index contributed by atoms with van der Waals surface area (Å²) in [6, 6.07) is 4.60. The molecule has 0 radical (unpaired) electrons. The van der Waals surface area contributed by atoms with Crippen molar-refractivity contribution < 1.29 is 24.2 Å². The monoisotopic (exact) mass is 267 g/mol. The molecular weight excluding hydrogens is 250 g/mol. The first-order valence-electron chi connectivity index (χ1n) is 5.77. The van der Waals surface area contributed by atoms with Crippen LogP contribution in [0.4, 0.5) is 0 Å². The molecule has 0 aromatic heterocycles. The molecule has 0 spiro atoms. The minimum atomic E-state index is -1.08. The molecule has 0 atom stereocenters. The Morgan fingerprint density at radius 1 is 1.32 bits per heavy atom. The highest BCUT2D eigenvalue weighted by atomic mass is 16.5. The van der Waals surface area contributed by atoms with Crippen LogP contribution in [0.1, 0.15) is 24.2 Å². The Morgan fingerprint density at radius 3 is 2.53 bits per heavy atom. The van der Waals surface area contributed by atoms with Crippen LogP contribution in [0.3, 0.4) is 0 Å². The molecule has 1 rings (SSSR count). The van der Waals surface area contributed by atoms with Gasteiger partial charge >= 0.3 is 5.97 Å². The van der Waals surface area contributed by atoms with E-state index in [2.05, 4.69) is 5.32 Å². The van der Waals surface area contributed by atoms with Crippen molar-refractivity contribution >= 4 is 11.9 Å². The second-order valence-electron chi connectivity index (χ2n) is 4.18. The third-order valence-electron chi connectivity index (χ3n) is 2.20. The van der Waals surface area contributed by atoms with Crippen molar-refractivity contribution in [3.63, 3.8) is 0 Å². The summed E-state index contributed by atoms with van der Waals surface area (Å²) in [7, 11) is 1.42. The van der Waals surface area contributed by atoms with E-state index in [0.29, 0.717) is 11.3 Å². The number of ether oxygens (including phenoxy) is 2. The standard InChI is InChI=1S/C13H17NO5/c1-8(2)14-13(17)9-4-5-10(11(6-9)18-3)19-7-12(15)16/h4-6,8H,7H2,1-3H3,(H,14,17)(H,15,16). The zero-order chi connectivity index (χ0) is 14.4.